The molecule has 6 nitrogen and oxygen atoms in total. The Morgan fingerprint density at radius 1 is 0.893 bits per heavy atom. The molecule has 3 N–H and O–H groups in total. The van der Waals surface area contributed by atoms with E-state index in [1.54, 1.807) is 4.90 Å². The maximum atomic E-state index is 12.9. The second kappa shape index (κ2) is 11.6. The predicted octanol–water partition coefficient (Wildman–Crippen LogP) is 4.52. The standard InChI is InChI=1S/C22H30N4O2/c1-3-4-15-23-21(27)24-16-10-17-26(19-12-6-5-7-13-19)22(28)25-20-14-9-8-11-18(20)2/h5-9,11-14H,3-4,10,15-17H2,1-2H3,(H,25,28)(H2,23,24,27). The molecule has 0 aliphatic carbocycles. The molecule has 2 aromatic rings. The Kier molecular flexibility index (Phi) is 8.85. The van der Waals surface area contributed by atoms with Gasteiger partial charge in [-0.25, -0.2) is 9.59 Å². The van der Waals surface area contributed by atoms with E-state index in [1.165, 1.54) is 0 Å². The number of hydrogen-bond donors (Lipinski definition) is 3. The minimum absolute atomic E-state index is 0.163. The summed E-state index contributed by atoms with van der Waals surface area (Å²) in [5.74, 6) is 0. The monoisotopic (exact) mass is 382 g/mol. The number of benzene rings is 2. The van der Waals surface area contributed by atoms with Gasteiger partial charge >= 0.3 is 12.1 Å². The van der Waals surface area contributed by atoms with Crippen molar-refractivity contribution in [3.8, 4) is 0 Å². The van der Waals surface area contributed by atoms with E-state index in [1.807, 2.05) is 61.5 Å². The van der Waals surface area contributed by atoms with E-state index in [2.05, 4.69) is 22.9 Å². The van der Waals surface area contributed by atoms with Crippen molar-refractivity contribution in [1.29, 1.82) is 0 Å². The molecule has 0 spiro atoms. The highest BCUT2D eigenvalue weighted by Crippen LogP contribution is 2.18. The number of unbranched alkanes of at least 4 members (excludes halogenated alkanes) is 1. The van der Waals surface area contributed by atoms with Crippen LogP contribution >= 0.6 is 0 Å². The number of aryl methyl sites for hydroxylation is 1. The fourth-order valence-electron chi connectivity index (χ4n) is 2.73. The largest absolute Gasteiger partial charge is 0.338 e. The lowest BCUT2D eigenvalue weighted by molar-refractivity contribution is 0.240. The fourth-order valence-corrected chi connectivity index (χ4v) is 2.73. The number of hydrogen-bond acceptors (Lipinski definition) is 2. The number of nitrogens with one attached hydrogen (secondary N) is 3. The second-order valence-corrected chi connectivity index (χ2v) is 6.62. The van der Waals surface area contributed by atoms with Gasteiger partial charge in [-0.3, -0.25) is 4.90 Å². The van der Waals surface area contributed by atoms with Crippen molar-refractivity contribution >= 4 is 23.4 Å². The molecular formula is C22H30N4O2. The summed E-state index contributed by atoms with van der Waals surface area (Å²) in [5, 5.41) is 8.64. The third kappa shape index (κ3) is 6.95. The lowest BCUT2D eigenvalue weighted by Gasteiger charge is -2.24. The van der Waals surface area contributed by atoms with Crippen LogP contribution in [0.1, 0.15) is 31.7 Å². The number of carbonyl (C=O) groups is 2. The molecule has 0 aromatic heterocycles. The first-order valence-electron chi connectivity index (χ1n) is 9.82. The summed E-state index contributed by atoms with van der Waals surface area (Å²) in [6.07, 6.45) is 2.66. The molecule has 0 bridgehead atoms. The van der Waals surface area contributed by atoms with Gasteiger partial charge in [-0.1, -0.05) is 49.7 Å². The van der Waals surface area contributed by atoms with Gasteiger partial charge in [0.25, 0.3) is 0 Å². The Bertz CT molecular complexity index is 749. The fraction of sp³-hybridized carbons (Fsp3) is 0.364. The van der Waals surface area contributed by atoms with E-state index in [0.29, 0.717) is 26.1 Å². The maximum absolute atomic E-state index is 12.9. The van der Waals surface area contributed by atoms with Crippen LogP contribution in [0.25, 0.3) is 0 Å². The molecule has 0 aliphatic rings. The first kappa shape index (κ1) is 21.3. The zero-order valence-corrected chi connectivity index (χ0v) is 16.7. The zero-order valence-electron chi connectivity index (χ0n) is 16.7. The number of amides is 4. The molecule has 0 fully saturated rings. The quantitative estimate of drug-likeness (QED) is 0.558. The van der Waals surface area contributed by atoms with Crippen molar-refractivity contribution in [3.05, 3.63) is 60.2 Å². The molecule has 0 unspecified atom stereocenters. The Hall–Kier alpha value is -3.02. The van der Waals surface area contributed by atoms with E-state index in [-0.39, 0.29) is 12.1 Å². The Balaban J connectivity index is 1.92. The van der Waals surface area contributed by atoms with Crippen molar-refractivity contribution in [1.82, 2.24) is 10.6 Å². The van der Waals surface area contributed by atoms with Gasteiger partial charge in [0.05, 0.1) is 0 Å². The topological polar surface area (TPSA) is 73.5 Å². The molecule has 6 heteroatoms. The summed E-state index contributed by atoms with van der Waals surface area (Å²) in [6.45, 7) is 5.72. The lowest BCUT2D eigenvalue weighted by atomic mass is 10.2. The van der Waals surface area contributed by atoms with Crippen LogP contribution in [0.4, 0.5) is 21.0 Å². The van der Waals surface area contributed by atoms with Crippen LogP contribution in [0.15, 0.2) is 54.6 Å². The van der Waals surface area contributed by atoms with Crippen LogP contribution in [0, 0.1) is 6.92 Å². The molecule has 2 rings (SSSR count). The molecule has 28 heavy (non-hydrogen) atoms. The maximum Gasteiger partial charge on any atom is 0.326 e. The number of carbonyl (C=O) groups excluding carboxylic acids is 2. The molecular weight excluding hydrogens is 352 g/mol. The minimum Gasteiger partial charge on any atom is -0.338 e. The van der Waals surface area contributed by atoms with Crippen molar-refractivity contribution in [2.24, 2.45) is 0 Å². The molecule has 0 atom stereocenters. The lowest BCUT2D eigenvalue weighted by Crippen LogP contribution is -2.40. The minimum atomic E-state index is -0.187. The van der Waals surface area contributed by atoms with E-state index >= 15 is 0 Å². The first-order valence-corrected chi connectivity index (χ1v) is 9.82. The summed E-state index contributed by atoms with van der Waals surface area (Å²) < 4.78 is 0. The molecule has 0 heterocycles. The highest BCUT2D eigenvalue weighted by Gasteiger charge is 2.16. The van der Waals surface area contributed by atoms with Gasteiger partial charge in [-0.15, -0.1) is 0 Å². The smallest absolute Gasteiger partial charge is 0.326 e. The molecule has 0 saturated carbocycles. The highest BCUT2D eigenvalue weighted by atomic mass is 16.2. The third-order valence-electron chi connectivity index (χ3n) is 4.36. The van der Waals surface area contributed by atoms with Crippen LogP contribution in [-0.2, 0) is 0 Å². The van der Waals surface area contributed by atoms with Gasteiger partial charge in [-0.2, -0.15) is 0 Å². The van der Waals surface area contributed by atoms with Gasteiger partial charge in [-0.05, 0) is 43.5 Å². The van der Waals surface area contributed by atoms with Gasteiger partial charge in [0.2, 0.25) is 0 Å². The van der Waals surface area contributed by atoms with Gasteiger partial charge in [0.15, 0.2) is 0 Å². The van der Waals surface area contributed by atoms with E-state index < -0.39 is 0 Å². The molecule has 150 valence electrons. The van der Waals surface area contributed by atoms with Gasteiger partial charge in [0.1, 0.15) is 0 Å². The normalized spacial score (nSPS) is 10.2. The molecule has 2 aromatic carbocycles. The second-order valence-electron chi connectivity index (χ2n) is 6.62. The molecule has 0 radical (unpaired) electrons. The third-order valence-corrected chi connectivity index (χ3v) is 4.36. The van der Waals surface area contributed by atoms with E-state index in [4.69, 9.17) is 0 Å². The Labute approximate surface area is 167 Å². The van der Waals surface area contributed by atoms with E-state index in [9.17, 15) is 9.59 Å². The zero-order chi connectivity index (χ0) is 20.2. The first-order chi connectivity index (χ1) is 13.6. The van der Waals surface area contributed by atoms with Gasteiger partial charge in [0, 0.05) is 31.0 Å². The number of urea groups is 2. The van der Waals surface area contributed by atoms with Crippen LogP contribution in [0.3, 0.4) is 0 Å². The number of nitrogens with zero attached hydrogens (tertiary/aromatic N) is 1. The van der Waals surface area contributed by atoms with Crippen molar-refractivity contribution in [2.45, 2.75) is 33.1 Å². The van der Waals surface area contributed by atoms with Crippen molar-refractivity contribution in [3.63, 3.8) is 0 Å². The molecule has 4 amide bonds. The van der Waals surface area contributed by atoms with E-state index in [0.717, 1.165) is 29.8 Å². The highest BCUT2D eigenvalue weighted by molar-refractivity contribution is 6.02. The number of rotatable bonds is 9. The van der Waals surface area contributed by atoms with Crippen LogP contribution in [0.5, 0.6) is 0 Å². The Morgan fingerprint density at radius 3 is 2.21 bits per heavy atom. The average molecular weight is 383 g/mol. The summed E-state index contributed by atoms with van der Waals surface area (Å²) in [4.78, 5) is 26.3. The number of anilines is 2. The SMILES string of the molecule is CCCCNC(=O)NCCCN(C(=O)Nc1ccccc1C)c1ccccc1. The van der Waals surface area contributed by atoms with Crippen LogP contribution in [-0.4, -0.2) is 31.7 Å². The summed E-state index contributed by atoms with van der Waals surface area (Å²) >= 11 is 0. The molecule has 0 saturated heterocycles. The number of para-hydroxylation sites is 2. The van der Waals surface area contributed by atoms with Gasteiger partial charge < -0.3 is 16.0 Å². The summed E-state index contributed by atoms with van der Waals surface area (Å²) in [5.41, 5.74) is 2.62. The van der Waals surface area contributed by atoms with Crippen LogP contribution < -0.4 is 20.9 Å². The van der Waals surface area contributed by atoms with Crippen molar-refractivity contribution in [2.75, 3.05) is 29.9 Å². The van der Waals surface area contributed by atoms with Crippen molar-refractivity contribution < 1.29 is 9.59 Å². The Morgan fingerprint density at radius 2 is 1.54 bits per heavy atom. The average Bonchev–Trinajstić information content (AvgIpc) is 2.70. The molecule has 0 aliphatic heterocycles. The van der Waals surface area contributed by atoms with Crippen LogP contribution in [0.2, 0.25) is 0 Å². The predicted molar refractivity (Wildman–Crippen MR) is 115 cm³/mol. The summed E-state index contributed by atoms with van der Waals surface area (Å²) in [6, 6.07) is 16.9. The summed E-state index contributed by atoms with van der Waals surface area (Å²) in [7, 11) is 0.